The van der Waals surface area contributed by atoms with Crippen molar-refractivity contribution in [2.45, 2.75) is 12.8 Å². The average Bonchev–Trinajstić information content (AvgIpc) is 3.27. The van der Waals surface area contributed by atoms with E-state index in [4.69, 9.17) is 10.5 Å². The maximum Gasteiger partial charge on any atom is 0.341 e. The van der Waals surface area contributed by atoms with Gasteiger partial charge in [0.05, 0.1) is 7.11 Å². The molecule has 1 amide bonds. The number of carbonyl (C=O) groups is 2. The zero-order chi connectivity index (χ0) is 14.5. The molecule has 0 bridgehead atoms. The fourth-order valence-corrected chi connectivity index (χ4v) is 1.72. The Bertz CT molecular complexity index is 512. The van der Waals surface area contributed by atoms with Crippen LogP contribution in [0.25, 0.3) is 0 Å². The monoisotopic (exact) mass is 278 g/mol. The molecule has 108 valence electrons. The predicted octanol–water partition coefficient (Wildman–Crippen LogP) is 0.960. The van der Waals surface area contributed by atoms with Crippen molar-refractivity contribution in [3.63, 3.8) is 0 Å². The van der Waals surface area contributed by atoms with Crippen LogP contribution in [0.1, 0.15) is 23.2 Å². The van der Waals surface area contributed by atoms with Crippen LogP contribution in [0.15, 0.2) is 18.2 Å². The van der Waals surface area contributed by atoms with Gasteiger partial charge in [0.2, 0.25) is 0 Å². The topological polar surface area (TPSA) is 90.7 Å². The average molecular weight is 278 g/mol. The van der Waals surface area contributed by atoms with Crippen LogP contribution in [-0.2, 0) is 9.53 Å². The van der Waals surface area contributed by atoms with E-state index in [0.717, 1.165) is 0 Å². The van der Waals surface area contributed by atoms with Crippen LogP contribution in [0.5, 0.6) is 5.75 Å². The van der Waals surface area contributed by atoms with E-state index >= 15 is 0 Å². The third-order valence-corrected chi connectivity index (χ3v) is 3.05. The summed E-state index contributed by atoms with van der Waals surface area (Å²) in [5, 5.41) is 2.78. The first-order chi connectivity index (χ1) is 9.60. The number of esters is 1. The number of nitrogens with two attached hydrogens (primary N) is 1. The van der Waals surface area contributed by atoms with Crippen LogP contribution < -0.4 is 15.8 Å². The molecule has 1 aromatic carbocycles. The van der Waals surface area contributed by atoms with Crippen molar-refractivity contribution in [2.24, 2.45) is 5.92 Å². The molecule has 1 saturated carbocycles. The first kappa shape index (κ1) is 14.2. The molecule has 0 unspecified atom stereocenters. The van der Waals surface area contributed by atoms with Gasteiger partial charge in [0.15, 0.2) is 6.61 Å². The van der Waals surface area contributed by atoms with Gasteiger partial charge in [-0.05, 0) is 37.0 Å². The summed E-state index contributed by atoms with van der Waals surface area (Å²) in [4.78, 5) is 23.2. The van der Waals surface area contributed by atoms with E-state index in [9.17, 15) is 9.59 Å². The van der Waals surface area contributed by atoms with Crippen LogP contribution >= 0.6 is 0 Å². The van der Waals surface area contributed by atoms with Gasteiger partial charge in [-0.2, -0.15) is 0 Å². The van der Waals surface area contributed by atoms with Gasteiger partial charge in [0.1, 0.15) is 11.3 Å². The lowest BCUT2D eigenvalue weighted by atomic mass is 10.2. The summed E-state index contributed by atoms with van der Waals surface area (Å²) in [5.41, 5.74) is 6.26. The third-order valence-electron chi connectivity index (χ3n) is 3.05. The number of benzene rings is 1. The highest BCUT2D eigenvalue weighted by atomic mass is 16.5. The molecular formula is C14H18N2O4. The van der Waals surface area contributed by atoms with Crippen LogP contribution in [0, 0.1) is 5.92 Å². The maximum atomic E-state index is 11.6. The molecule has 6 heteroatoms. The van der Waals surface area contributed by atoms with Crippen molar-refractivity contribution in [3.8, 4) is 5.75 Å². The Labute approximate surface area is 117 Å². The lowest BCUT2D eigenvalue weighted by Gasteiger charge is -2.11. The Morgan fingerprint density at radius 1 is 1.40 bits per heavy atom. The van der Waals surface area contributed by atoms with Gasteiger partial charge in [-0.3, -0.25) is 4.79 Å². The number of ether oxygens (including phenoxy) is 2. The second kappa shape index (κ2) is 6.27. The standard InChI is InChI=1S/C14H18N2O4/c1-19-14(18)11-6-10(15)4-5-12(11)20-8-13(17)16-7-9-2-3-9/h4-6,9H,2-3,7-8,15H2,1H3,(H,16,17). The summed E-state index contributed by atoms with van der Waals surface area (Å²) in [6.45, 7) is 0.550. The third kappa shape index (κ3) is 3.88. The summed E-state index contributed by atoms with van der Waals surface area (Å²) in [7, 11) is 1.28. The molecule has 1 aromatic rings. The van der Waals surface area contributed by atoms with Crippen LogP contribution in [0.2, 0.25) is 0 Å². The molecule has 3 N–H and O–H groups in total. The van der Waals surface area contributed by atoms with Crippen LogP contribution in [-0.4, -0.2) is 32.1 Å². The zero-order valence-electron chi connectivity index (χ0n) is 11.3. The van der Waals surface area contributed by atoms with Gasteiger partial charge < -0.3 is 20.5 Å². The van der Waals surface area contributed by atoms with Gasteiger partial charge in [-0.1, -0.05) is 0 Å². The molecule has 6 nitrogen and oxygen atoms in total. The number of methoxy groups -OCH3 is 1. The molecule has 0 aliphatic heterocycles. The molecule has 0 aromatic heterocycles. The number of rotatable bonds is 6. The summed E-state index contributed by atoms with van der Waals surface area (Å²) >= 11 is 0. The lowest BCUT2D eigenvalue weighted by molar-refractivity contribution is -0.123. The van der Waals surface area contributed by atoms with Gasteiger partial charge in [-0.15, -0.1) is 0 Å². The molecule has 0 radical (unpaired) electrons. The van der Waals surface area contributed by atoms with Gasteiger partial charge in [0.25, 0.3) is 5.91 Å². The van der Waals surface area contributed by atoms with E-state index in [-0.39, 0.29) is 23.8 Å². The number of nitrogen functional groups attached to an aromatic ring is 1. The summed E-state index contributed by atoms with van der Waals surface area (Å²) < 4.78 is 10.0. The van der Waals surface area contributed by atoms with E-state index < -0.39 is 5.97 Å². The zero-order valence-corrected chi connectivity index (χ0v) is 11.3. The molecule has 0 atom stereocenters. The van der Waals surface area contributed by atoms with Crippen molar-refractivity contribution >= 4 is 17.6 Å². The molecule has 1 aliphatic rings. The number of amides is 1. The molecular weight excluding hydrogens is 260 g/mol. The first-order valence-electron chi connectivity index (χ1n) is 6.47. The van der Waals surface area contributed by atoms with E-state index in [1.807, 2.05) is 0 Å². The Morgan fingerprint density at radius 3 is 2.80 bits per heavy atom. The number of hydrogen-bond donors (Lipinski definition) is 2. The molecule has 0 saturated heterocycles. The second-order valence-electron chi connectivity index (χ2n) is 4.78. The Balaban J connectivity index is 1.93. The number of anilines is 1. The highest BCUT2D eigenvalue weighted by Crippen LogP contribution is 2.27. The van der Waals surface area contributed by atoms with Crippen LogP contribution in [0.3, 0.4) is 0 Å². The lowest BCUT2D eigenvalue weighted by Crippen LogP contribution is -2.30. The highest BCUT2D eigenvalue weighted by molar-refractivity contribution is 5.93. The number of hydrogen-bond acceptors (Lipinski definition) is 5. The van der Waals surface area contributed by atoms with Gasteiger partial charge >= 0.3 is 5.97 Å². The van der Waals surface area contributed by atoms with Crippen molar-refractivity contribution < 1.29 is 19.1 Å². The minimum absolute atomic E-state index is 0.138. The van der Waals surface area contributed by atoms with Gasteiger partial charge in [0, 0.05) is 12.2 Å². The van der Waals surface area contributed by atoms with Crippen molar-refractivity contribution in [3.05, 3.63) is 23.8 Å². The van der Waals surface area contributed by atoms with Crippen molar-refractivity contribution in [1.29, 1.82) is 0 Å². The van der Waals surface area contributed by atoms with Crippen molar-refractivity contribution in [2.75, 3.05) is 26.0 Å². The fourth-order valence-electron chi connectivity index (χ4n) is 1.72. The fraction of sp³-hybridized carbons (Fsp3) is 0.429. The van der Waals surface area contributed by atoms with E-state index in [0.29, 0.717) is 18.2 Å². The van der Waals surface area contributed by atoms with E-state index in [1.165, 1.54) is 26.0 Å². The van der Waals surface area contributed by atoms with Gasteiger partial charge in [-0.25, -0.2) is 4.79 Å². The van der Waals surface area contributed by atoms with Crippen LogP contribution in [0.4, 0.5) is 5.69 Å². The quantitative estimate of drug-likeness (QED) is 0.597. The van der Waals surface area contributed by atoms with E-state index in [2.05, 4.69) is 10.1 Å². The smallest absolute Gasteiger partial charge is 0.341 e. The Morgan fingerprint density at radius 2 is 2.15 bits per heavy atom. The predicted molar refractivity (Wildman–Crippen MR) is 73.4 cm³/mol. The molecule has 1 fully saturated rings. The number of nitrogens with one attached hydrogen (secondary N) is 1. The largest absolute Gasteiger partial charge is 0.483 e. The Hall–Kier alpha value is -2.24. The molecule has 0 heterocycles. The maximum absolute atomic E-state index is 11.6. The van der Waals surface area contributed by atoms with Crippen molar-refractivity contribution in [1.82, 2.24) is 5.32 Å². The highest BCUT2D eigenvalue weighted by Gasteiger charge is 2.21. The molecule has 1 aliphatic carbocycles. The summed E-state index contributed by atoms with van der Waals surface area (Å²) in [6.07, 6.45) is 2.34. The molecule has 2 rings (SSSR count). The first-order valence-corrected chi connectivity index (χ1v) is 6.47. The SMILES string of the molecule is COC(=O)c1cc(N)ccc1OCC(=O)NCC1CC1. The molecule has 20 heavy (non-hydrogen) atoms. The Kier molecular flexibility index (Phi) is 4.45. The normalized spacial score (nSPS) is 13.7. The number of carbonyl (C=O) groups excluding carboxylic acids is 2. The van der Waals surface area contributed by atoms with E-state index in [1.54, 1.807) is 12.1 Å². The summed E-state index contributed by atoms with van der Waals surface area (Å²) in [5.74, 6) is 0.143. The summed E-state index contributed by atoms with van der Waals surface area (Å²) in [6, 6.07) is 4.61. The second-order valence-corrected chi connectivity index (χ2v) is 4.78. The molecule has 0 spiro atoms. The minimum atomic E-state index is -0.550. The minimum Gasteiger partial charge on any atom is -0.483 e.